The lowest BCUT2D eigenvalue weighted by Crippen LogP contribution is -2.56. The Morgan fingerprint density at radius 2 is 1.92 bits per heavy atom. The lowest BCUT2D eigenvalue weighted by atomic mass is 9.94. The van der Waals surface area contributed by atoms with Crippen molar-refractivity contribution < 1.29 is 4.79 Å². The zero-order valence-corrected chi connectivity index (χ0v) is 17.0. The highest BCUT2D eigenvalue weighted by Gasteiger charge is 2.40. The van der Waals surface area contributed by atoms with Gasteiger partial charge in [-0.15, -0.1) is 24.8 Å². The van der Waals surface area contributed by atoms with Crippen molar-refractivity contribution in [3.8, 4) is 0 Å². The van der Waals surface area contributed by atoms with Crippen LogP contribution in [0.15, 0.2) is 0 Å². The van der Waals surface area contributed by atoms with Gasteiger partial charge in [0.15, 0.2) is 0 Å². The third-order valence-corrected chi connectivity index (χ3v) is 6.72. The third kappa shape index (κ3) is 5.94. The summed E-state index contributed by atoms with van der Waals surface area (Å²) in [6.07, 6.45) is 8.18. The number of carbonyl (C=O) groups is 1. The predicted octanol–water partition coefficient (Wildman–Crippen LogP) is 2.70. The molecular formula is C17H33Cl2N3OS. The minimum Gasteiger partial charge on any atom is -0.354 e. The van der Waals surface area contributed by atoms with Gasteiger partial charge < -0.3 is 10.6 Å². The Morgan fingerprint density at radius 1 is 1.21 bits per heavy atom. The minimum absolute atomic E-state index is 0. The predicted molar refractivity (Wildman–Crippen MR) is 108 cm³/mol. The van der Waals surface area contributed by atoms with Crippen LogP contribution in [0.3, 0.4) is 0 Å². The number of nitrogens with zero attached hydrogens (tertiary/aromatic N) is 1. The first-order valence-corrected chi connectivity index (χ1v) is 10.2. The molecular weight excluding hydrogens is 365 g/mol. The number of amides is 1. The summed E-state index contributed by atoms with van der Waals surface area (Å²) >= 11 is 2.07. The van der Waals surface area contributed by atoms with Gasteiger partial charge in [0.05, 0.1) is 0 Å². The average molecular weight is 398 g/mol. The van der Waals surface area contributed by atoms with E-state index in [1.807, 2.05) is 0 Å². The Balaban J connectivity index is 0.00000144. The number of carbonyl (C=O) groups excluding carboxylic acids is 1. The summed E-state index contributed by atoms with van der Waals surface area (Å²) in [5.74, 6) is 3.49. The summed E-state index contributed by atoms with van der Waals surface area (Å²) in [7, 11) is 0. The van der Waals surface area contributed by atoms with Crippen LogP contribution in [0.4, 0.5) is 0 Å². The number of nitrogens with one attached hydrogen (secondary N) is 2. The van der Waals surface area contributed by atoms with Crippen molar-refractivity contribution in [2.75, 3.05) is 44.2 Å². The molecule has 0 spiro atoms. The van der Waals surface area contributed by atoms with Crippen molar-refractivity contribution in [1.29, 1.82) is 0 Å². The number of halogens is 2. The van der Waals surface area contributed by atoms with Gasteiger partial charge in [0.1, 0.15) is 0 Å². The molecule has 1 amide bonds. The molecule has 0 aromatic carbocycles. The van der Waals surface area contributed by atoms with Crippen molar-refractivity contribution >= 4 is 42.5 Å². The van der Waals surface area contributed by atoms with E-state index in [0.29, 0.717) is 12.3 Å². The SMILES string of the molecule is Cl.Cl.O=C(CCC1CCNC1)NCC1(N2CCSCC2)CCCC1. The molecule has 1 atom stereocenters. The maximum Gasteiger partial charge on any atom is 0.220 e. The van der Waals surface area contributed by atoms with E-state index in [1.165, 1.54) is 56.7 Å². The van der Waals surface area contributed by atoms with Crippen molar-refractivity contribution in [3.63, 3.8) is 0 Å². The van der Waals surface area contributed by atoms with Gasteiger partial charge >= 0.3 is 0 Å². The van der Waals surface area contributed by atoms with Crippen molar-refractivity contribution in [2.24, 2.45) is 5.92 Å². The van der Waals surface area contributed by atoms with Crippen LogP contribution < -0.4 is 10.6 Å². The molecule has 0 aromatic heterocycles. The van der Waals surface area contributed by atoms with E-state index in [0.717, 1.165) is 26.1 Å². The van der Waals surface area contributed by atoms with Crippen LogP contribution in [-0.2, 0) is 4.79 Å². The molecule has 0 radical (unpaired) electrons. The molecule has 2 saturated heterocycles. The smallest absolute Gasteiger partial charge is 0.220 e. The van der Waals surface area contributed by atoms with Crippen LogP contribution in [0.5, 0.6) is 0 Å². The quantitative estimate of drug-likeness (QED) is 0.722. The maximum atomic E-state index is 12.2. The highest BCUT2D eigenvalue weighted by atomic mass is 35.5. The summed E-state index contributed by atoms with van der Waals surface area (Å²) in [5, 5.41) is 6.66. The second-order valence-electron chi connectivity index (χ2n) is 7.21. The third-order valence-electron chi connectivity index (χ3n) is 5.77. The summed E-state index contributed by atoms with van der Waals surface area (Å²) in [6.45, 7) is 5.51. The van der Waals surface area contributed by atoms with E-state index < -0.39 is 0 Å². The standard InChI is InChI=1S/C17H31N3OS.2ClH/c21-16(4-3-15-5-8-18-13-15)19-14-17(6-1-2-7-17)20-9-11-22-12-10-20;;/h15,18H,1-14H2,(H,19,21);2*1H. The monoisotopic (exact) mass is 397 g/mol. The molecule has 3 rings (SSSR count). The molecule has 3 aliphatic rings. The number of hydrogen-bond donors (Lipinski definition) is 2. The van der Waals surface area contributed by atoms with Crippen molar-refractivity contribution in [1.82, 2.24) is 15.5 Å². The van der Waals surface area contributed by atoms with Crippen molar-refractivity contribution in [2.45, 2.75) is 50.5 Å². The number of thioether (sulfide) groups is 1. The van der Waals surface area contributed by atoms with E-state index in [-0.39, 0.29) is 36.3 Å². The molecule has 1 unspecified atom stereocenters. The zero-order valence-electron chi connectivity index (χ0n) is 14.6. The fraction of sp³-hybridized carbons (Fsp3) is 0.941. The second kappa shape index (κ2) is 11.1. The summed E-state index contributed by atoms with van der Waals surface area (Å²) in [6, 6.07) is 0. The van der Waals surface area contributed by atoms with Crippen LogP contribution in [0, 0.1) is 5.92 Å². The number of hydrogen-bond acceptors (Lipinski definition) is 4. The van der Waals surface area contributed by atoms with Gasteiger partial charge in [-0.05, 0) is 44.7 Å². The molecule has 1 aliphatic carbocycles. The van der Waals surface area contributed by atoms with Gasteiger partial charge in [-0.3, -0.25) is 9.69 Å². The Bertz CT molecular complexity index is 369. The van der Waals surface area contributed by atoms with Crippen molar-refractivity contribution in [3.05, 3.63) is 0 Å². The summed E-state index contributed by atoms with van der Waals surface area (Å²) < 4.78 is 0. The molecule has 2 aliphatic heterocycles. The van der Waals surface area contributed by atoms with Crippen LogP contribution in [0.25, 0.3) is 0 Å². The first kappa shape index (κ1) is 22.4. The number of rotatable bonds is 6. The summed E-state index contributed by atoms with van der Waals surface area (Å²) in [5.41, 5.74) is 0.269. The fourth-order valence-corrected chi connectivity index (χ4v) is 5.23. The van der Waals surface area contributed by atoms with Gasteiger partial charge in [-0.1, -0.05) is 12.8 Å². The Kier molecular flexibility index (Phi) is 10.4. The topological polar surface area (TPSA) is 44.4 Å². The van der Waals surface area contributed by atoms with Crippen LogP contribution in [0.1, 0.15) is 44.9 Å². The average Bonchev–Trinajstić information content (AvgIpc) is 3.24. The van der Waals surface area contributed by atoms with E-state index in [1.54, 1.807) is 0 Å². The van der Waals surface area contributed by atoms with Gasteiger partial charge in [0.25, 0.3) is 0 Å². The molecule has 0 bridgehead atoms. The lowest BCUT2D eigenvalue weighted by molar-refractivity contribution is -0.122. The Morgan fingerprint density at radius 3 is 2.54 bits per heavy atom. The first-order chi connectivity index (χ1) is 10.8. The molecule has 7 heteroatoms. The van der Waals surface area contributed by atoms with Crippen LogP contribution in [-0.4, -0.2) is 60.6 Å². The molecule has 0 aromatic rings. The van der Waals surface area contributed by atoms with Crippen LogP contribution >= 0.6 is 36.6 Å². The highest BCUT2D eigenvalue weighted by molar-refractivity contribution is 7.99. The van der Waals surface area contributed by atoms with Gasteiger partial charge in [-0.25, -0.2) is 0 Å². The zero-order chi connectivity index (χ0) is 15.3. The molecule has 24 heavy (non-hydrogen) atoms. The summed E-state index contributed by atoms with van der Waals surface area (Å²) in [4.78, 5) is 14.9. The van der Waals surface area contributed by atoms with Crippen LogP contribution in [0.2, 0.25) is 0 Å². The normalized spacial score (nSPS) is 26.4. The molecule has 4 nitrogen and oxygen atoms in total. The fourth-order valence-electron chi connectivity index (χ4n) is 4.32. The molecule has 1 saturated carbocycles. The van der Waals surface area contributed by atoms with Gasteiger partial charge in [0.2, 0.25) is 5.91 Å². The van der Waals surface area contributed by atoms with Gasteiger partial charge in [-0.2, -0.15) is 11.8 Å². The molecule has 142 valence electrons. The molecule has 3 fully saturated rings. The largest absolute Gasteiger partial charge is 0.354 e. The van der Waals surface area contributed by atoms with E-state index >= 15 is 0 Å². The second-order valence-corrected chi connectivity index (χ2v) is 8.43. The van der Waals surface area contributed by atoms with E-state index in [4.69, 9.17) is 0 Å². The minimum atomic E-state index is 0. The first-order valence-electron chi connectivity index (χ1n) is 9.09. The maximum absolute atomic E-state index is 12.2. The highest BCUT2D eigenvalue weighted by Crippen LogP contribution is 2.36. The van der Waals surface area contributed by atoms with Gasteiger partial charge in [0, 0.05) is 43.1 Å². The van der Waals surface area contributed by atoms with E-state index in [2.05, 4.69) is 27.3 Å². The Hall–Kier alpha value is 0.320. The molecule has 2 heterocycles. The Labute approximate surface area is 163 Å². The molecule has 2 N–H and O–H groups in total. The lowest BCUT2D eigenvalue weighted by Gasteiger charge is -2.43. The van der Waals surface area contributed by atoms with E-state index in [9.17, 15) is 4.79 Å².